The van der Waals surface area contributed by atoms with Gasteiger partial charge in [0.25, 0.3) is 0 Å². The fraction of sp³-hybridized carbons (Fsp3) is 0.375. The molecule has 0 amide bonds. The summed E-state index contributed by atoms with van der Waals surface area (Å²) >= 11 is 1.70. The molecule has 1 aromatic carbocycles. The van der Waals surface area contributed by atoms with Gasteiger partial charge in [0.05, 0.1) is 13.2 Å². The summed E-state index contributed by atoms with van der Waals surface area (Å²) in [5, 5.41) is 3.42. The van der Waals surface area contributed by atoms with Gasteiger partial charge in [0.2, 0.25) is 0 Å². The molecule has 20 heavy (non-hydrogen) atoms. The van der Waals surface area contributed by atoms with Gasteiger partial charge in [0.15, 0.2) is 0 Å². The molecule has 0 radical (unpaired) electrons. The van der Waals surface area contributed by atoms with E-state index in [0.717, 1.165) is 17.8 Å². The maximum atomic E-state index is 14.3. The summed E-state index contributed by atoms with van der Waals surface area (Å²) in [7, 11) is 1.55. The van der Waals surface area contributed by atoms with E-state index in [-0.39, 0.29) is 11.9 Å². The lowest BCUT2D eigenvalue weighted by Crippen LogP contribution is -2.23. The van der Waals surface area contributed by atoms with Crippen molar-refractivity contribution >= 4 is 11.3 Å². The molecule has 108 valence electrons. The second-order valence-corrected chi connectivity index (χ2v) is 6.04. The van der Waals surface area contributed by atoms with Gasteiger partial charge in [-0.1, -0.05) is 13.0 Å². The standard InChI is InChI=1S/C16H20FNOS/c1-4-9-18-16(15-8-5-11(2)20-15)13-7-6-12(19-3)10-14(13)17/h5-8,10,16,18H,4,9H2,1-3H3. The van der Waals surface area contributed by atoms with Crippen LogP contribution in [0.15, 0.2) is 30.3 Å². The van der Waals surface area contributed by atoms with E-state index in [1.807, 2.05) is 0 Å². The summed E-state index contributed by atoms with van der Waals surface area (Å²) in [6.07, 6.45) is 1.01. The van der Waals surface area contributed by atoms with Gasteiger partial charge in [-0.05, 0) is 38.1 Å². The van der Waals surface area contributed by atoms with Gasteiger partial charge in [-0.3, -0.25) is 0 Å². The Bertz CT molecular complexity index is 567. The van der Waals surface area contributed by atoms with Gasteiger partial charge in [-0.15, -0.1) is 11.3 Å². The van der Waals surface area contributed by atoms with E-state index in [2.05, 4.69) is 31.3 Å². The Morgan fingerprint density at radius 2 is 2.10 bits per heavy atom. The minimum atomic E-state index is -0.232. The number of methoxy groups -OCH3 is 1. The van der Waals surface area contributed by atoms with Crippen molar-refractivity contribution in [3.8, 4) is 5.75 Å². The molecule has 0 spiro atoms. The average Bonchev–Trinajstić information content (AvgIpc) is 2.87. The zero-order valence-corrected chi connectivity index (χ0v) is 12.9. The van der Waals surface area contributed by atoms with E-state index in [0.29, 0.717) is 11.3 Å². The van der Waals surface area contributed by atoms with E-state index in [1.165, 1.54) is 10.9 Å². The quantitative estimate of drug-likeness (QED) is 0.857. The van der Waals surface area contributed by atoms with Crippen molar-refractivity contribution in [2.45, 2.75) is 26.3 Å². The first kappa shape index (κ1) is 15.0. The number of halogens is 1. The Kier molecular flexibility index (Phi) is 5.15. The SMILES string of the molecule is CCCNC(c1ccc(C)s1)c1ccc(OC)cc1F. The number of hydrogen-bond donors (Lipinski definition) is 1. The second-order valence-electron chi connectivity index (χ2n) is 4.72. The van der Waals surface area contributed by atoms with Gasteiger partial charge < -0.3 is 10.1 Å². The molecule has 4 heteroatoms. The summed E-state index contributed by atoms with van der Waals surface area (Å²) in [5.74, 6) is 0.312. The number of benzene rings is 1. The molecule has 0 saturated carbocycles. The molecular formula is C16H20FNOS. The first-order valence-electron chi connectivity index (χ1n) is 6.79. The third kappa shape index (κ3) is 3.38. The molecule has 0 aliphatic heterocycles. The zero-order chi connectivity index (χ0) is 14.5. The maximum absolute atomic E-state index is 14.3. The average molecular weight is 293 g/mol. The van der Waals surface area contributed by atoms with Crippen LogP contribution in [0.25, 0.3) is 0 Å². The van der Waals surface area contributed by atoms with E-state index in [4.69, 9.17) is 4.74 Å². The van der Waals surface area contributed by atoms with Crippen LogP contribution in [-0.2, 0) is 0 Å². The third-order valence-corrected chi connectivity index (χ3v) is 4.23. The molecule has 0 fully saturated rings. The van der Waals surface area contributed by atoms with Gasteiger partial charge in [0.1, 0.15) is 11.6 Å². The molecule has 0 aliphatic carbocycles. The molecule has 0 saturated heterocycles. The normalized spacial score (nSPS) is 12.4. The van der Waals surface area contributed by atoms with Gasteiger partial charge >= 0.3 is 0 Å². The highest BCUT2D eigenvalue weighted by Gasteiger charge is 2.19. The Hall–Kier alpha value is -1.39. The van der Waals surface area contributed by atoms with Crippen molar-refractivity contribution in [2.75, 3.05) is 13.7 Å². The lowest BCUT2D eigenvalue weighted by Gasteiger charge is -2.19. The smallest absolute Gasteiger partial charge is 0.132 e. The molecule has 2 nitrogen and oxygen atoms in total. The first-order chi connectivity index (χ1) is 9.65. The Labute approximate surface area is 123 Å². The van der Waals surface area contributed by atoms with Crippen LogP contribution < -0.4 is 10.1 Å². The van der Waals surface area contributed by atoms with Crippen LogP contribution in [-0.4, -0.2) is 13.7 Å². The molecule has 2 aromatic rings. The lowest BCUT2D eigenvalue weighted by molar-refractivity contribution is 0.410. The summed E-state index contributed by atoms with van der Waals surface area (Å²) < 4.78 is 19.4. The van der Waals surface area contributed by atoms with E-state index >= 15 is 0 Å². The highest BCUT2D eigenvalue weighted by atomic mass is 32.1. The van der Waals surface area contributed by atoms with E-state index < -0.39 is 0 Å². The number of rotatable bonds is 6. The minimum absolute atomic E-state index is 0.0976. The van der Waals surface area contributed by atoms with Crippen molar-refractivity contribution in [1.29, 1.82) is 0 Å². The van der Waals surface area contributed by atoms with Gasteiger partial charge in [-0.25, -0.2) is 4.39 Å². The van der Waals surface area contributed by atoms with Crippen LogP contribution in [0.1, 0.15) is 34.7 Å². The van der Waals surface area contributed by atoms with E-state index in [1.54, 1.807) is 30.6 Å². The largest absolute Gasteiger partial charge is 0.497 e. The molecular weight excluding hydrogens is 273 g/mol. The molecule has 2 rings (SSSR count). The second kappa shape index (κ2) is 6.86. The zero-order valence-electron chi connectivity index (χ0n) is 12.1. The number of ether oxygens (including phenoxy) is 1. The van der Waals surface area contributed by atoms with Crippen LogP contribution >= 0.6 is 11.3 Å². The minimum Gasteiger partial charge on any atom is -0.497 e. The molecule has 1 atom stereocenters. The van der Waals surface area contributed by atoms with Crippen molar-refractivity contribution in [2.24, 2.45) is 0 Å². The maximum Gasteiger partial charge on any atom is 0.132 e. The monoisotopic (exact) mass is 293 g/mol. The topological polar surface area (TPSA) is 21.3 Å². The Balaban J connectivity index is 2.35. The summed E-state index contributed by atoms with van der Waals surface area (Å²) in [5.41, 5.74) is 0.668. The van der Waals surface area contributed by atoms with Crippen LogP contribution in [0.2, 0.25) is 0 Å². The van der Waals surface area contributed by atoms with Crippen LogP contribution in [0.5, 0.6) is 5.75 Å². The van der Waals surface area contributed by atoms with E-state index in [9.17, 15) is 4.39 Å². The van der Waals surface area contributed by atoms with Crippen molar-refractivity contribution in [1.82, 2.24) is 5.32 Å². The summed E-state index contributed by atoms with van der Waals surface area (Å²) in [6.45, 7) is 5.02. The van der Waals surface area contributed by atoms with Crippen molar-refractivity contribution in [3.05, 3.63) is 51.5 Å². The first-order valence-corrected chi connectivity index (χ1v) is 7.60. The van der Waals surface area contributed by atoms with Crippen LogP contribution in [0.4, 0.5) is 4.39 Å². The molecule has 1 N–H and O–H groups in total. The Morgan fingerprint density at radius 1 is 1.30 bits per heavy atom. The third-order valence-electron chi connectivity index (χ3n) is 3.16. The summed E-state index contributed by atoms with van der Waals surface area (Å²) in [4.78, 5) is 2.37. The fourth-order valence-corrected chi connectivity index (χ4v) is 3.10. The number of thiophene rings is 1. The molecule has 1 unspecified atom stereocenters. The molecule has 1 aromatic heterocycles. The molecule has 0 bridgehead atoms. The van der Waals surface area contributed by atoms with Gasteiger partial charge in [-0.2, -0.15) is 0 Å². The highest BCUT2D eigenvalue weighted by molar-refractivity contribution is 7.12. The summed E-state index contributed by atoms with van der Waals surface area (Å²) in [6, 6.07) is 9.09. The molecule has 0 aliphatic rings. The van der Waals surface area contributed by atoms with Crippen molar-refractivity contribution < 1.29 is 9.13 Å². The molecule has 1 heterocycles. The van der Waals surface area contributed by atoms with Crippen molar-refractivity contribution in [3.63, 3.8) is 0 Å². The predicted molar refractivity (Wildman–Crippen MR) is 82.1 cm³/mol. The number of nitrogens with one attached hydrogen (secondary N) is 1. The van der Waals surface area contributed by atoms with Gasteiger partial charge in [0, 0.05) is 21.4 Å². The lowest BCUT2D eigenvalue weighted by atomic mass is 10.0. The highest BCUT2D eigenvalue weighted by Crippen LogP contribution is 2.31. The number of hydrogen-bond acceptors (Lipinski definition) is 3. The predicted octanol–water partition coefficient (Wildman–Crippen LogP) is 4.29. The number of aryl methyl sites for hydroxylation is 1. The fourth-order valence-electron chi connectivity index (χ4n) is 2.13. The Morgan fingerprint density at radius 3 is 2.65 bits per heavy atom. The van der Waals surface area contributed by atoms with Crippen LogP contribution in [0.3, 0.4) is 0 Å². The van der Waals surface area contributed by atoms with Crippen LogP contribution in [0, 0.1) is 12.7 Å².